The molecule has 2 aliphatic heterocycles. The Bertz CT molecular complexity index is 1000. The lowest BCUT2D eigenvalue weighted by Crippen LogP contribution is -1.96. The van der Waals surface area contributed by atoms with Crippen LogP contribution in [-0.2, 0) is 0 Å². The number of hydrogen-bond acceptors (Lipinski definition) is 10. The molecule has 0 aliphatic carbocycles. The topological polar surface area (TPSA) is 17.1 Å². The highest BCUT2D eigenvalue weighted by atomic mass is 79.9. The summed E-state index contributed by atoms with van der Waals surface area (Å²) in [5.74, 6) is 0. The first-order chi connectivity index (χ1) is 10.5. The number of halogens is 2. The maximum atomic E-state index is 11.4. The van der Waals surface area contributed by atoms with E-state index in [-0.39, 0.29) is 4.06 Å². The molecule has 0 bridgehead atoms. The van der Waals surface area contributed by atoms with E-state index in [4.69, 9.17) is 12.2 Å². The van der Waals surface area contributed by atoms with E-state index in [0.717, 1.165) is 19.9 Å². The average Bonchev–Trinajstić information content (AvgIpc) is 3.14. The summed E-state index contributed by atoms with van der Waals surface area (Å²) in [6.45, 7) is 0. The van der Waals surface area contributed by atoms with Crippen molar-refractivity contribution in [3.63, 3.8) is 0 Å². The fourth-order valence-electron chi connectivity index (χ4n) is 1.50. The molecule has 2 aromatic heterocycles. The third-order valence-electron chi connectivity index (χ3n) is 2.33. The smallest absolute Gasteiger partial charge is 0.265 e. The first-order valence-electron chi connectivity index (χ1n) is 5.30. The van der Waals surface area contributed by atoms with Crippen LogP contribution in [0, 0.1) is 3.82 Å². The van der Waals surface area contributed by atoms with Crippen molar-refractivity contribution in [1.29, 1.82) is 0 Å². The normalized spacial score (nSPS) is 17.7. The lowest BCUT2D eigenvalue weighted by Gasteiger charge is -1.90. The Labute approximate surface area is 179 Å². The lowest BCUT2D eigenvalue weighted by atomic mass is 10.9. The van der Waals surface area contributed by atoms with E-state index in [1.165, 1.54) is 39.5 Å². The molecule has 0 spiro atoms. The lowest BCUT2D eigenvalue weighted by molar-refractivity contribution is 1.56. The standard InChI is InChI=1S/C10Br2OS9/c11-2-3(12)17-7(16-2)6-15-1(4(14)18-6)5-19-8-9(20-5)22-10(13)21-8. The maximum Gasteiger partial charge on any atom is 0.289 e. The molecular weight excluding hydrogens is 585 g/mol. The van der Waals surface area contributed by atoms with Crippen LogP contribution in [0.25, 0.3) is 8.47 Å². The van der Waals surface area contributed by atoms with E-state index >= 15 is 0 Å². The van der Waals surface area contributed by atoms with Gasteiger partial charge in [0.05, 0.1) is 29.1 Å². The van der Waals surface area contributed by atoms with Gasteiger partial charge in [-0.25, -0.2) is 0 Å². The Hall–Kier alpha value is 1.96. The molecule has 0 atom stereocenters. The molecule has 114 valence electrons. The quantitative estimate of drug-likeness (QED) is 0.329. The minimum Gasteiger partial charge on any atom is -0.265 e. The van der Waals surface area contributed by atoms with Gasteiger partial charge in [-0.1, -0.05) is 81.9 Å². The highest BCUT2D eigenvalue weighted by molar-refractivity contribution is 9.17. The van der Waals surface area contributed by atoms with E-state index in [2.05, 4.69) is 31.9 Å². The molecular formula is C10Br2OS9. The number of thioether (sulfide) groups is 4. The van der Waals surface area contributed by atoms with Crippen LogP contribution in [0.15, 0.2) is 20.8 Å². The summed E-state index contributed by atoms with van der Waals surface area (Å²) in [4.78, 5) is 11.4. The molecule has 1 nitrogen and oxygen atoms in total. The Morgan fingerprint density at radius 1 is 0.773 bits per heavy atom. The molecule has 0 fully saturated rings. The van der Waals surface area contributed by atoms with E-state index in [9.17, 15) is 4.79 Å². The van der Waals surface area contributed by atoms with Crippen LogP contribution < -0.4 is 12.4 Å². The zero-order valence-corrected chi connectivity index (χ0v) is 20.4. The van der Waals surface area contributed by atoms with E-state index in [1.54, 1.807) is 69.7 Å². The Morgan fingerprint density at radius 3 is 1.95 bits per heavy atom. The van der Waals surface area contributed by atoms with E-state index in [1.807, 2.05) is 0 Å². The van der Waals surface area contributed by atoms with Crippen molar-refractivity contribution in [2.45, 2.75) is 8.42 Å². The van der Waals surface area contributed by atoms with Gasteiger partial charge >= 0.3 is 0 Å². The van der Waals surface area contributed by atoms with Crippen molar-refractivity contribution in [3.8, 4) is 0 Å². The van der Waals surface area contributed by atoms with Crippen LogP contribution in [-0.4, -0.2) is 0 Å². The van der Waals surface area contributed by atoms with Gasteiger partial charge in [0, 0.05) is 0 Å². The molecule has 0 amide bonds. The van der Waals surface area contributed by atoms with Gasteiger partial charge < -0.3 is 0 Å². The molecule has 0 saturated carbocycles. The van der Waals surface area contributed by atoms with Crippen molar-refractivity contribution in [3.05, 3.63) is 28.7 Å². The predicted molar refractivity (Wildman–Crippen MR) is 119 cm³/mol. The Morgan fingerprint density at radius 2 is 1.36 bits per heavy atom. The second-order valence-corrected chi connectivity index (χ2v) is 16.6. The summed E-state index contributed by atoms with van der Waals surface area (Å²) in [6.07, 6.45) is 0. The van der Waals surface area contributed by atoms with Crippen molar-refractivity contribution in [2.24, 2.45) is 0 Å². The van der Waals surface area contributed by atoms with Gasteiger partial charge in [-0.3, -0.25) is 4.79 Å². The third-order valence-corrected chi connectivity index (χ3v) is 16.3. The van der Waals surface area contributed by atoms with Gasteiger partial charge in [0.25, 0.3) is 4.06 Å². The highest BCUT2D eigenvalue weighted by Crippen LogP contribution is 2.56. The first kappa shape index (κ1) is 17.4. The molecule has 12 heteroatoms. The maximum absolute atomic E-state index is 11.4. The van der Waals surface area contributed by atoms with Gasteiger partial charge in [0.15, 0.2) is 0 Å². The molecule has 0 saturated heterocycles. The Kier molecular flexibility index (Phi) is 5.48. The van der Waals surface area contributed by atoms with Gasteiger partial charge in [-0.2, -0.15) is 0 Å². The summed E-state index contributed by atoms with van der Waals surface area (Å²) in [7, 11) is 0. The molecule has 2 aromatic rings. The molecule has 4 rings (SSSR count). The SMILES string of the molecule is O=c1sc2c(s1)SC(=c1sc(=C3SC(Br)=C(Br)S3)sc1=S)S2. The van der Waals surface area contributed by atoms with E-state index < -0.39 is 0 Å². The van der Waals surface area contributed by atoms with Crippen LogP contribution >= 0.6 is 136 Å². The van der Waals surface area contributed by atoms with Crippen LogP contribution in [0.4, 0.5) is 0 Å². The largest absolute Gasteiger partial charge is 0.289 e. The average molecular weight is 585 g/mol. The number of rotatable bonds is 0. The minimum absolute atomic E-state index is 0.174. The molecule has 22 heavy (non-hydrogen) atoms. The zero-order chi connectivity index (χ0) is 15.4. The van der Waals surface area contributed by atoms with Gasteiger partial charge in [0.2, 0.25) is 0 Å². The predicted octanol–water partition coefficient (Wildman–Crippen LogP) is 6.45. The van der Waals surface area contributed by atoms with Crippen LogP contribution in [0.5, 0.6) is 0 Å². The van der Waals surface area contributed by atoms with Crippen molar-refractivity contribution < 1.29 is 0 Å². The number of hydrogen-bond donors (Lipinski definition) is 0. The molecule has 4 heterocycles. The summed E-state index contributed by atoms with van der Waals surface area (Å²) in [6, 6.07) is 0. The summed E-state index contributed by atoms with van der Waals surface area (Å²) in [5.41, 5.74) is 0. The summed E-state index contributed by atoms with van der Waals surface area (Å²) >= 11 is 25.6. The molecule has 0 radical (unpaired) electrons. The fourth-order valence-corrected chi connectivity index (χ4v) is 15.0. The molecule has 0 unspecified atom stereocenters. The van der Waals surface area contributed by atoms with Crippen LogP contribution in [0.2, 0.25) is 0 Å². The molecule has 2 aliphatic rings. The zero-order valence-electron chi connectivity index (χ0n) is 9.84. The minimum atomic E-state index is 0.174. The second kappa shape index (κ2) is 6.93. The van der Waals surface area contributed by atoms with E-state index in [0.29, 0.717) is 0 Å². The Balaban J connectivity index is 1.82. The monoisotopic (exact) mass is 582 g/mol. The fraction of sp³-hybridized carbons (Fsp3) is 0. The summed E-state index contributed by atoms with van der Waals surface area (Å²) < 4.78 is 10.5. The van der Waals surface area contributed by atoms with Gasteiger partial charge in [0.1, 0.15) is 7.67 Å². The number of fused-ring (bicyclic) bond motifs is 1. The van der Waals surface area contributed by atoms with Crippen LogP contribution in [0.1, 0.15) is 0 Å². The van der Waals surface area contributed by atoms with Crippen molar-refractivity contribution in [2.75, 3.05) is 0 Å². The summed E-state index contributed by atoms with van der Waals surface area (Å²) in [5, 5.41) is 0. The van der Waals surface area contributed by atoms with Crippen molar-refractivity contribution >= 4 is 145 Å². The second-order valence-electron chi connectivity index (χ2n) is 3.67. The van der Waals surface area contributed by atoms with Gasteiger partial charge in [-0.05, 0) is 31.9 Å². The third kappa shape index (κ3) is 3.31. The van der Waals surface area contributed by atoms with Crippen LogP contribution in [0.3, 0.4) is 0 Å². The molecule has 0 N–H and O–H groups in total. The first-order valence-corrected chi connectivity index (χ1v) is 13.8. The highest BCUT2D eigenvalue weighted by Gasteiger charge is 2.24. The van der Waals surface area contributed by atoms with Gasteiger partial charge in [-0.15, -0.1) is 22.7 Å². The van der Waals surface area contributed by atoms with Crippen molar-refractivity contribution in [1.82, 2.24) is 0 Å². The molecule has 0 aromatic carbocycles.